The number of hydrogen-bond acceptors (Lipinski definition) is 2. The Morgan fingerprint density at radius 2 is 1.95 bits per heavy atom. The van der Waals surface area contributed by atoms with Gasteiger partial charge in [-0.05, 0) is 50.0 Å². The third-order valence-electron chi connectivity index (χ3n) is 3.78. The second kappa shape index (κ2) is 7.60. The van der Waals surface area contributed by atoms with Gasteiger partial charge < -0.3 is 10.6 Å². The number of likely N-dealkylation sites (tertiary alicyclic amines) is 1. The number of carbonyl (C=O) groups is 1. The molecule has 2 rings (SSSR count). The monoisotopic (exact) mass is 336 g/mol. The molecule has 108 valence electrons. The van der Waals surface area contributed by atoms with E-state index in [2.05, 4.69) is 45.1 Å². The fourth-order valence-corrected chi connectivity index (χ4v) is 2.76. The first kappa shape index (κ1) is 15.3. The number of piperidine rings is 1. The molecule has 2 N–H and O–H groups in total. The maximum absolute atomic E-state index is 11.1. The topological polar surface area (TPSA) is 46.3 Å². The van der Waals surface area contributed by atoms with Gasteiger partial charge in [0.25, 0.3) is 0 Å². The highest BCUT2D eigenvalue weighted by Crippen LogP contribution is 2.17. The summed E-state index contributed by atoms with van der Waals surface area (Å²) in [5, 5.41) is 0. The lowest BCUT2D eigenvalue weighted by Crippen LogP contribution is -2.38. The minimum atomic E-state index is -0.139. The van der Waals surface area contributed by atoms with Crippen molar-refractivity contribution in [3.05, 3.63) is 40.4 Å². The molecule has 20 heavy (non-hydrogen) atoms. The summed E-state index contributed by atoms with van der Waals surface area (Å²) in [6, 6.07) is 8.29. The molecule has 1 aromatic rings. The highest BCUT2D eigenvalue weighted by Gasteiger charge is 2.22. The van der Waals surface area contributed by atoms with Gasteiger partial charge in [-0.25, -0.2) is 0 Å². The molecule has 3 nitrogen and oxygen atoms in total. The molecular formula is C16H21BrN2O. The van der Waals surface area contributed by atoms with E-state index in [0.29, 0.717) is 0 Å². The first-order chi connectivity index (χ1) is 9.65. The van der Waals surface area contributed by atoms with E-state index in [0.717, 1.165) is 43.4 Å². The number of primary amides is 1. The van der Waals surface area contributed by atoms with Gasteiger partial charge in [0.2, 0.25) is 5.91 Å². The molecule has 0 aromatic heterocycles. The van der Waals surface area contributed by atoms with Crippen molar-refractivity contribution in [2.75, 3.05) is 19.6 Å². The Bertz CT molecular complexity index is 462. The summed E-state index contributed by atoms with van der Waals surface area (Å²) in [6.45, 7) is 3.03. The zero-order valence-corrected chi connectivity index (χ0v) is 13.2. The molecule has 1 aliphatic heterocycles. The summed E-state index contributed by atoms with van der Waals surface area (Å²) in [5.74, 6) is -0.0515. The van der Waals surface area contributed by atoms with E-state index >= 15 is 0 Å². The van der Waals surface area contributed by atoms with Crippen LogP contribution in [0.3, 0.4) is 0 Å². The van der Waals surface area contributed by atoms with Crippen LogP contribution in [0.25, 0.3) is 6.08 Å². The fourth-order valence-electron chi connectivity index (χ4n) is 2.49. The number of halogens is 1. The van der Waals surface area contributed by atoms with Gasteiger partial charge in [0.1, 0.15) is 0 Å². The molecular weight excluding hydrogens is 316 g/mol. The van der Waals surface area contributed by atoms with Crippen molar-refractivity contribution in [1.29, 1.82) is 0 Å². The van der Waals surface area contributed by atoms with Gasteiger partial charge >= 0.3 is 0 Å². The first-order valence-corrected chi connectivity index (χ1v) is 7.88. The average Bonchev–Trinajstić information content (AvgIpc) is 2.46. The zero-order chi connectivity index (χ0) is 14.4. The third-order valence-corrected chi connectivity index (χ3v) is 4.31. The van der Waals surface area contributed by atoms with Crippen molar-refractivity contribution < 1.29 is 4.79 Å². The Morgan fingerprint density at radius 1 is 1.30 bits per heavy atom. The van der Waals surface area contributed by atoms with Crippen molar-refractivity contribution in [3.8, 4) is 0 Å². The number of carbonyl (C=O) groups excluding carboxylic acids is 1. The quantitative estimate of drug-likeness (QED) is 0.898. The van der Waals surface area contributed by atoms with Gasteiger partial charge in [-0.3, -0.25) is 4.79 Å². The van der Waals surface area contributed by atoms with Crippen LogP contribution < -0.4 is 5.73 Å². The normalized spacial score (nSPS) is 17.6. The maximum Gasteiger partial charge on any atom is 0.220 e. The van der Waals surface area contributed by atoms with Gasteiger partial charge in [-0.15, -0.1) is 0 Å². The third kappa shape index (κ3) is 4.76. The van der Waals surface area contributed by atoms with E-state index in [9.17, 15) is 4.79 Å². The predicted octanol–water partition coefficient (Wildman–Crippen LogP) is 3.05. The van der Waals surface area contributed by atoms with E-state index in [1.165, 1.54) is 5.56 Å². The lowest BCUT2D eigenvalue weighted by Gasteiger charge is -2.30. The predicted molar refractivity (Wildman–Crippen MR) is 86.2 cm³/mol. The van der Waals surface area contributed by atoms with Crippen LogP contribution in [0.15, 0.2) is 34.8 Å². The van der Waals surface area contributed by atoms with Crippen molar-refractivity contribution in [2.45, 2.75) is 19.3 Å². The van der Waals surface area contributed by atoms with Crippen molar-refractivity contribution >= 4 is 27.9 Å². The van der Waals surface area contributed by atoms with Gasteiger partial charge in [-0.2, -0.15) is 0 Å². The number of amides is 1. The number of nitrogens with two attached hydrogens (primary N) is 1. The maximum atomic E-state index is 11.1. The molecule has 0 unspecified atom stereocenters. The second-order valence-corrected chi connectivity index (χ2v) is 6.18. The Morgan fingerprint density at radius 3 is 2.55 bits per heavy atom. The number of nitrogens with zero attached hydrogens (tertiary/aromatic N) is 1. The Labute approximate surface area is 129 Å². The lowest BCUT2D eigenvalue weighted by molar-refractivity contribution is -0.123. The van der Waals surface area contributed by atoms with Gasteiger partial charge in [-0.1, -0.05) is 40.2 Å². The first-order valence-electron chi connectivity index (χ1n) is 7.09. The molecule has 0 spiro atoms. The van der Waals surface area contributed by atoms with E-state index in [4.69, 9.17) is 5.73 Å². The number of rotatable bonds is 5. The summed E-state index contributed by atoms with van der Waals surface area (Å²) in [7, 11) is 0. The Hall–Kier alpha value is -1.13. The summed E-state index contributed by atoms with van der Waals surface area (Å²) in [6.07, 6.45) is 7.22. The summed E-state index contributed by atoms with van der Waals surface area (Å²) >= 11 is 3.43. The minimum Gasteiger partial charge on any atom is -0.369 e. The zero-order valence-electron chi connectivity index (χ0n) is 11.6. The minimum absolute atomic E-state index is 0.0876. The summed E-state index contributed by atoms with van der Waals surface area (Å²) < 4.78 is 1.10. The summed E-state index contributed by atoms with van der Waals surface area (Å²) in [4.78, 5) is 13.5. The van der Waals surface area contributed by atoms with Crippen LogP contribution in [0, 0.1) is 5.92 Å². The molecule has 1 heterocycles. The van der Waals surface area contributed by atoms with Crippen LogP contribution in [0.5, 0.6) is 0 Å². The molecule has 0 bridgehead atoms. The standard InChI is InChI=1S/C16H21BrN2O/c17-15-6-4-13(5-7-15)3-1-2-10-19-11-8-14(9-12-19)16(18)20/h1,3-7,14H,2,8-12H2,(H2,18,20). The van der Waals surface area contributed by atoms with E-state index in [-0.39, 0.29) is 11.8 Å². The van der Waals surface area contributed by atoms with E-state index in [1.54, 1.807) is 0 Å². The van der Waals surface area contributed by atoms with Gasteiger partial charge in [0.05, 0.1) is 0 Å². The average molecular weight is 337 g/mol. The van der Waals surface area contributed by atoms with E-state index < -0.39 is 0 Å². The van der Waals surface area contributed by atoms with Crippen LogP contribution in [0.2, 0.25) is 0 Å². The van der Waals surface area contributed by atoms with Crippen LogP contribution in [0.4, 0.5) is 0 Å². The van der Waals surface area contributed by atoms with Crippen LogP contribution in [0.1, 0.15) is 24.8 Å². The number of hydrogen-bond donors (Lipinski definition) is 1. The van der Waals surface area contributed by atoms with Gasteiger partial charge in [0.15, 0.2) is 0 Å². The van der Waals surface area contributed by atoms with Crippen molar-refractivity contribution in [3.63, 3.8) is 0 Å². The molecule has 0 saturated carbocycles. The molecule has 1 aliphatic rings. The second-order valence-electron chi connectivity index (χ2n) is 5.26. The lowest BCUT2D eigenvalue weighted by atomic mass is 9.96. The molecule has 0 atom stereocenters. The molecule has 1 aromatic carbocycles. The SMILES string of the molecule is NC(=O)C1CCN(CCC=Cc2ccc(Br)cc2)CC1. The molecule has 0 radical (unpaired) electrons. The largest absolute Gasteiger partial charge is 0.369 e. The highest BCUT2D eigenvalue weighted by molar-refractivity contribution is 9.10. The molecule has 1 amide bonds. The van der Waals surface area contributed by atoms with Crippen LogP contribution in [-0.2, 0) is 4.79 Å². The Kier molecular flexibility index (Phi) is 5.80. The van der Waals surface area contributed by atoms with E-state index in [1.807, 2.05) is 12.1 Å². The molecule has 4 heteroatoms. The number of benzene rings is 1. The van der Waals surface area contributed by atoms with Crippen LogP contribution >= 0.6 is 15.9 Å². The fraction of sp³-hybridized carbons (Fsp3) is 0.438. The van der Waals surface area contributed by atoms with Crippen LogP contribution in [-0.4, -0.2) is 30.4 Å². The van der Waals surface area contributed by atoms with Gasteiger partial charge in [0, 0.05) is 16.9 Å². The summed E-state index contributed by atoms with van der Waals surface area (Å²) in [5.41, 5.74) is 6.56. The van der Waals surface area contributed by atoms with Crippen molar-refractivity contribution in [2.24, 2.45) is 11.7 Å². The molecule has 0 aliphatic carbocycles. The Balaban J connectivity index is 1.69. The highest BCUT2D eigenvalue weighted by atomic mass is 79.9. The molecule has 1 fully saturated rings. The smallest absolute Gasteiger partial charge is 0.220 e. The molecule has 1 saturated heterocycles. The van der Waals surface area contributed by atoms with Crippen molar-refractivity contribution in [1.82, 2.24) is 4.90 Å².